The Kier molecular flexibility index (Phi) is 5.13. The van der Waals surface area contributed by atoms with Crippen LogP contribution in [-0.4, -0.2) is 40.6 Å². The van der Waals surface area contributed by atoms with Gasteiger partial charge in [0.2, 0.25) is 10.1 Å². The zero-order valence-electron chi connectivity index (χ0n) is 11.7. The fraction of sp³-hybridized carbons (Fsp3) is 0.769. The number of likely N-dealkylation sites (tertiary alicyclic amines) is 1. The van der Waals surface area contributed by atoms with Crippen LogP contribution in [0.1, 0.15) is 49.3 Å². The highest BCUT2D eigenvalue weighted by atomic mass is 32.1. The van der Waals surface area contributed by atoms with Gasteiger partial charge in [0.05, 0.1) is 0 Å². The number of nitrogens with zero attached hydrogens (tertiary/aromatic N) is 3. The molecule has 0 unspecified atom stereocenters. The number of hydrogen-bond donors (Lipinski definition) is 1. The number of aromatic nitrogens is 2. The number of hydrogen-bond acceptors (Lipinski definition) is 5. The topological polar surface area (TPSA) is 58.1 Å². The van der Waals surface area contributed by atoms with Gasteiger partial charge in [-0.1, -0.05) is 31.1 Å². The molecule has 1 aliphatic rings. The van der Waals surface area contributed by atoms with Crippen molar-refractivity contribution in [3.05, 3.63) is 5.01 Å². The summed E-state index contributed by atoms with van der Waals surface area (Å²) < 4.78 is 0. The summed E-state index contributed by atoms with van der Waals surface area (Å²) >= 11 is 1.35. The Balaban J connectivity index is 1.89. The van der Waals surface area contributed by atoms with Crippen molar-refractivity contribution in [2.45, 2.75) is 39.5 Å². The maximum atomic E-state index is 12.3. The molecule has 6 heteroatoms. The SMILES string of the molecule is CCCC1CCN(C(=O)c2nnc(NCC)s2)CC1. The number of carbonyl (C=O) groups is 1. The predicted molar refractivity (Wildman–Crippen MR) is 77.6 cm³/mol. The van der Waals surface area contributed by atoms with Crippen LogP contribution >= 0.6 is 11.3 Å². The second kappa shape index (κ2) is 6.84. The fourth-order valence-electron chi connectivity index (χ4n) is 2.50. The average Bonchev–Trinajstić information content (AvgIpc) is 2.88. The third-order valence-corrected chi connectivity index (χ3v) is 4.40. The first-order valence-electron chi connectivity index (χ1n) is 7.11. The lowest BCUT2D eigenvalue weighted by Gasteiger charge is -2.31. The van der Waals surface area contributed by atoms with E-state index in [-0.39, 0.29) is 5.91 Å². The zero-order valence-corrected chi connectivity index (χ0v) is 12.5. The van der Waals surface area contributed by atoms with E-state index in [1.54, 1.807) is 0 Å². The molecule has 1 amide bonds. The molecule has 0 spiro atoms. The Bertz CT molecular complexity index is 413. The van der Waals surface area contributed by atoms with Gasteiger partial charge in [-0.15, -0.1) is 10.2 Å². The first-order chi connectivity index (χ1) is 9.24. The number of amides is 1. The highest BCUT2D eigenvalue weighted by Gasteiger charge is 2.25. The fourth-order valence-corrected chi connectivity index (χ4v) is 3.28. The van der Waals surface area contributed by atoms with Crippen LogP contribution in [0.3, 0.4) is 0 Å². The molecule has 19 heavy (non-hydrogen) atoms. The number of piperidine rings is 1. The number of nitrogens with one attached hydrogen (secondary N) is 1. The van der Waals surface area contributed by atoms with Crippen molar-refractivity contribution in [1.29, 1.82) is 0 Å². The Hall–Kier alpha value is -1.17. The predicted octanol–water partition coefficient (Wildman–Crippen LogP) is 2.62. The molecule has 1 fully saturated rings. The lowest BCUT2D eigenvalue weighted by molar-refractivity contribution is 0.0685. The average molecular weight is 282 g/mol. The van der Waals surface area contributed by atoms with Gasteiger partial charge < -0.3 is 10.2 Å². The van der Waals surface area contributed by atoms with Gasteiger partial charge in [0.1, 0.15) is 0 Å². The summed E-state index contributed by atoms with van der Waals surface area (Å²) in [5, 5.41) is 12.3. The first-order valence-corrected chi connectivity index (χ1v) is 7.92. The molecule has 1 aliphatic heterocycles. The number of carbonyl (C=O) groups excluding carboxylic acids is 1. The third kappa shape index (κ3) is 3.65. The standard InChI is InChI=1S/C13H22N4OS/c1-3-5-10-6-8-17(9-7-10)12(18)11-15-16-13(19-11)14-4-2/h10H,3-9H2,1-2H3,(H,14,16). The van der Waals surface area contributed by atoms with E-state index in [9.17, 15) is 4.79 Å². The van der Waals surface area contributed by atoms with E-state index in [4.69, 9.17) is 0 Å². The molecular weight excluding hydrogens is 260 g/mol. The molecule has 0 aromatic carbocycles. The zero-order chi connectivity index (χ0) is 13.7. The van der Waals surface area contributed by atoms with Gasteiger partial charge in [0.25, 0.3) is 5.91 Å². The van der Waals surface area contributed by atoms with Crippen LogP contribution in [0.2, 0.25) is 0 Å². The minimum atomic E-state index is 0.0385. The van der Waals surface area contributed by atoms with Gasteiger partial charge in [-0.25, -0.2) is 0 Å². The van der Waals surface area contributed by atoms with Crippen LogP contribution in [0.15, 0.2) is 0 Å². The molecule has 2 heterocycles. The number of anilines is 1. The van der Waals surface area contributed by atoms with E-state index in [2.05, 4.69) is 22.4 Å². The minimum Gasteiger partial charge on any atom is -0.360 e. The van der Waals surface area contributed by atoms with Gasteiger partial charge in [-0.2, -0.15) is 0 Å². The third-order valence-electron chi connectivity index (χ3n) is 3.53. The van der Waals surface area contributed by atoms with E-state index in [1.807, 2.05) is 11.8 Å². The van der Waals surface area contributed by atoms with Gasteiger partial charge in [-0.3, -0.25) is 4.79 Å². The molecule has 0 bridgehead atoms. The first kappa shape index (κ1) is 14.2. The summed E-state index contributed by atoms with van der Waals surface area (Å²) in [4.78, 5) is 14.2. The summed E-state index contributed by atoms with van der Waals surface area (Å²) in [7, 11) is 0. The van der Waals surface area contributed by atoms with E-state index in [1.165, 1.54) is 24.2 Å². The quantitative estimate of drug-likeness (QED) is 0.902. The Labute approximate surface area is 118 Å². The smallest absolute Gasteiger partial charge is 0.284 e. The summed E-state index contributed by atoms with van der Waals surface area (Å²) in [5.41, 5.74) is 0. The second-order valence-corrected chi connectivity index (χ2v) is 5.94. The maximum Gasteiger partial charge on any atom is 0.284 e. The molecule has 2 rings (SSSR count). The summed E-state index contributed by atoms with van der Waals surface area (Å²) in [5.74, 6) is 0.831. The van der Waals surface area contributed by atoms with Crippen LogP contribution in [0.25, 0.3) is 0 Å². The Morgan fingerprint density at radius 2 is 2.11 bits per heavy atom. The molecule has 5 nitrogen and oxygen atoms in total. The Morgan fingerprint density at radius 3 is 2.74 bits per heavy atom. The minimum absolute atomic E-state index is 0.0385. The normalized spacial score (nSPS) is 16.6. The van der Waals surface area contributed by atoms with Crippen LogP contribution < -0.4 is 5.32 Å². The molecule has 0 atom stereocenters. The molecule has 0 saturated carbocycles. The van der Waals surface area contributed by atoms with E-state index >= 15 is 0 Å². The van der Waals surface area contributed by atoms with Crippen molar-refractivity contribution >= 4 is 22.4 Å². The van der Waals surface area contributed by atoms with Crippen LogP contribution in [0.5, 0.6) is 0 Å². The molecule has 0 aliphatic carbocycles. The van der Waals surface area contributed by atoms with Crippen molar-refractivity contribution in [1.82, 2.24) is 15.1 Å². The summed E-state index contributed by atoms with van der Waals surface area (Å²) in [6.07, 6.45) is 4.77. The number of rotatable bonds is 5. The van der Waals surface area contributed by atoms with Crippen molar-refractivity contribution in [2.75, 3.05) is 25.0 Å². The van der Waals surface area contributed by atoms with Crippen LogP contribution in [0, 0.1) is 5.92 Å². The monoisotopic (exact) mass is 282 g/mol. The van der Waals surface area contributed by atoms with Gasteiger partial charge in [0, 0.05) is 19.6 Å². The van der Waals surface area contributed by atoms with Gasteiger partial charge in [0.15, 0.2) is 0 Å². The Morgan fingerprint density at radius 1 is 1.37 bits per heavy atom. The second-order valence-electron chi connectivity index (χ2n) is 4.97. The highest BCUT2D eigenvalue weighted by molar-refractivity contribution is 7.17. The van der Waals surface area contributed by atoms with E-state index in [0.717, 1.165) is 43.5 Å². The molecule has 0 radical (unpaired) electrons. The lowest BCUT2D eigenvalue weighted by Crippen LogP contribution is -2.38. The summed E-state index contributed by atoms with van der Waals surface area (Å²) in [6.45, 7) is 6.74. The maximum absolute atomic E-state index is 12.3. The molecule has 1 saturated heterocycles. The molecular formula is C13H22N4OS. The molecule has 106 valence electrons. The molecule has 1 N–H and O–H groups in total. The molecule has 1 aromatic heterocycles. The summed E-state index contributed by atoms with van der Waals surface area (Å²) in [6, 6.07) is 0. The van der Waals surface area contributed by atoms with Gasteiger partial charge >= 0.3 is 0 Å². The highest BCUT2D eigenvalue weighted by Crippen LogP contribution is 2.24. The largest absolute Gasteiger partial charge is 0.360 e. The van der Waals surface area contributed by atoms with Crippen molar-refractivity contribution in [3.8, 4) is 0 Å². The van der Waals surface area contributed by atoms with Crippen molar-refractivity contribution in [3.63, 3.8) is 0 Å². The van der Waals surface area contributed by atoms with E-state index < -0.39 is 0 Å². The van der Waals surface area contributed by atoms with Crippen molar-refractivity contribution < 1.29 is 4.79 Å². The van der Waals surface area contributed by atoms with E-state index in [0.29, 0.717) is 5.01 Å². The van der Waals surface area contributed by atoms with Gasteiger partial charge in [-0.05, 0) is 25.7 Å². The van der Waals surface area contributed by atoms with Crippen molar-refractivity contribution in [2.24, 2.45) is 5.92 Å². The lowest BCUT2D eigenvalue weighted by atomic mass is 9.92. The van der Waals surface area contributed by atoms with Crippen LogP contribution in [-0.2, 0) is 0 Å². The molecule has 1 aromatic rings. The van der Waals surface area contributed by atoms with Crippen LogP contribution in [0.4, 0.5) is 5.13 Å².